The maximum absolute atomic E-state index is 11.6. The van der Waals surface area contributed by atoms with E-state index in [-0.39, 0.29) is 5.91 Å². The van der Waals surface area contributed by atoms with Crippen molar-refractivity contribution in [2.45, 2.75) is 13.8 Å². The summed E-state index contributed by atoms with van der Waals surface area (Å²) < 4.78 is 0. The van der Waals surface area contributed by atoms with Crippen molar-refractivity contribution in [1.29, 1.82) is 0 Å². The maximum atomic E-state index is 11.6. The van der Waals surface area contributed by atoms with Crippen LogP contribution in [0.2, 0.25) is 10.2 Å². The summed E-state index contributed by atoms with van der Waals surface area (Å²) in [4.78, 5) is 28.5. The molecule has 0 unspecified atom stereocenters. The van der Waals surface area contributed by atoms with Crippen LogP contribution < -0.4 is 4.90 Å². The Morgan fingerprint density at radius 2 is 1.81 bits per heavy atom. The van der Waals surface area contributed by atoms with Crippen LogP contribution in [0.5, 0.6) is 0 Å². The van der Waals surface area contributed by atoms with Gasteiger partial charge in [0.1, 0.15) is 11.0 Å². The summed E-state index contributed by atoms with van der Waals surface area (Å²) in [6.45, 7) is 6.73. The summed E-state index contributed by atoms with van der Waals surface area (Å²) >= 11 is 13.2. The Morgan fingerprint density at radius 1 is 1.06 bits per heavy atom. The fourth-order valence-corrected chi connectivity index (χ4v) is 4.86. The largest absolute Gasteiger partial charge is 0.368 e. The minimum atomic E-state index is 0.127. The number of aromatic amines is 1. The summed E-state index contributed by atoms with van der Waals surface area (Å²) in [5, 5.41) is 1.69. The summed E-state index contributed by atoms with van der Waals surface area (Å²) in [7, 11) is 0. The Morgan fingerprint density at radius 3 is 2.55 bits per heavy atom. The van der Waals surface area contributed by atoms with Gasteiger partial charge in [-0.1, -0.05) is 41.4 Å². The average Bonchev–Trinajstić information content (AvgIpc) is 3.18. The number of benzene rings is 2. The third-order valence-corrected chi connectivity index (χ3v) is 6.54. The monoisotopic (exact) mass is 453 g/mol. The molecule has 2 aromatic heterocycles. The van der Waals surface area contributed by atoms with Crippen LogP contribution in [-0.4, -0.2) is 51.9 Å². The highest BCUT2D eigenvalue weighted by Gasteiger charge is 2.21. The van der Waals surface area contributed by atoms with E-state index in [0.717, 1.165) is 59.4 Å². The molecule has 4 aromatic rings. The van der Waals surface area contributed by atoms with Gasteiger partial charge >= 0.3 is 0 Å². The smallest absolute Gasteiger partial charge is 0.219 e. The standard InChI is InChI=1S/C23H21Cl2N5O/c1-13-11-15(30-9-7-29(8-10-30)14(2)31)12-18-21(13)28-23(27-18)19-20(24)16-5-3-4-6-17(16)26-22(19)25/h3-6,11-12H,7-10H2,1-2H3,(H,27,28). The van der Waals surface area contributed by atoms with E-state index < -0.39 is 0 Å². The normalized spacial score (nSPS) is 14.6. The third kappa shape index (κ3) is 3.50. The van der Waals surface area contributed by atoms with Crippen molar-refractivity contribution >= 4 is 56.7 Å². The lowest BCUT2D eigenvalue weighted by Gasteiger charge is -2.35. The van der Waals surface area contributed by atoms with Gasteiger partial charge < -0.3 is 14.8 Å². The number of pyridine rings is 1. The van der Waals surface area contributed by atoms with Gasteiger partial charge in [0.25, 0.3) is 0 Å². The number of imidazole rings is 1. The molecule has 0 radical (unpaired) electrons. The van der Waals surface area contributed by atoms with Crippen molar-refractivity contribution in [1.82, 2.24) is 19.9 Å². The van der Waals surface area contributed by atoms with Gasteiger partial charge in [0.2, 0.25) is 5.91 Å². The minimum Gasteiger partial charge on any atom is -0.368 e. The Kier molecular flexibility index (Phi) is 4.99. The first-order chi connectivity index (χ1) is 14.9. The number of nitrogens with zero attached hydrogens (tertiary/aromatic N) is 4. The maximum Gasteiger partial charge on any atom is 0.219 e. The number of rotatable bonds is 2. The molecule has 31 heavy (non-hydrogen) atoms. The van der Waals surface area contributed by atoms with Crippen LogP contribution in [0, 0.1) is 6.92 Å². The van der Waals surface area contributed by atoms with Crippen LogP contribution in [0.15, 0.2) is 36.4 Å². The van der Waals surface area contributed by atoms with Crippen LogP contribution in [0.3, 0.4) is 0 Å². The van der Waals surface area contributed by atoms with Crippen molar-refractivity contribution < 1.29 is 4.79 Å². The molecule has 1 fully saturated rings. The van der Waals surface area contributed by atoms with E-state index in [9.17, 15) is 4.79 Å². The Bertz CT molecular complexity index is 1320. The van der Waals surface area contributed by atoms with Crippen LogP contribution in [0.1, 0.15) is 12.5 Å². The number of nitrogens with one attached hydrogen (secondary N) is 1. The number of piperazine rings is 1. The second-order valence-corrected chi connectivity index (χ2v) is 8.58. The topological polar surface area (TPSA) is 65.1 Å². The first-order valence-electron chi connectivity index (χ1n) is 10.2. The van der Waals surface area contributed by atoms with E-state index in [4.69, 9.17) is 28.2 Å². The lowest BCUT2D eigenvalue weighted by atomic mass is 10.1. The number of carbonyl (C=O) groups is 1. The van der Waals surface area contributed by atoms with Gasteiger partial charge in [0.15, 0.2) is 0 Å². The molecule has 6 nitrogen and oxygen atoms in total. The molecule has 5 rings (SSSR count). The van der Waals surface area contributed by atoms with E-state index in [1.165, 1.54) is 0 Å². The molecule has 0 atom stereocenters. The molecule has 1 aliphatic rings. The second kappa shape index (κ2) is 7.70. The summed E-state index contributed by atoms with van der Waals surface area (Å²) in [5.41, 5.74) is 5.32. The van der Waals surface area contributed by atoms with Crippen molar-refractivity contribution in [2.24, 2.45) is 0 Å². The highest BCUT2D eigenvalue weighted by Crippen LogP contribution is 2.38. The number of aryl methyl sites for hydroxylation is 1. The fourth-order valence-electron chi connectivity index (χ4n) is 4.20. The molecule has 0 bridgehead atoms. The Balaban J connectivity index is 1.55. The molecule has 1 N–H and O–H groups in total. The van der Waals surface area contributed by atoms with Gasteiger partial charge in [-0.3, -0.25) is 4.79 Å². The van der Waals surface area contributed by atoms with E-state index in [1.54, 1.807) is 6.92 Å². The van der Waals surface area contributed by atoms with Crippen molar-refractivity contribution in [3.8, 4) is 11.4 Å². The van der Waals surface area contributed by atoms with Gasteiger partial charge in [0, 0.05) is 44.2 Å². The zero-order valence-electron chi connectivity index (χ0n) is 17.2. The average molecular weight is 454 g/mol. The highest BCUT2D eigenvalue weighted by atomic mass is 35.5. The molecule has 158 valence electrons. The van der Waals surface area contributed by atoms with Gasteiger partial charge in [0.05, 0.1) is 27.1 Å². The number of amides is 1. The summed E-state index contributed by atoms with van der Waals surface area (Å²) in [5.74, 6) is 0.729. The number of para-hydroxylation sites is 1. The lowest BCUT2D eigenvalue weighted by Crippen LogP contribution is -2.48. The zero-order chi connectivity index (χ0) is 21.7. The number of aromatic nitrogens is 3. The van der Waals surface area contributed by atoms with Gasteiger partial charge in [-0.2, -0.15) is 0 Å². The molecule has 1 saturated heterocycles. The first kappa shape index (κ1) is 20.1. The number of halogens is 2. The number of carbonyl (C=O) groups excluding carboxylic acids is 1. The summed E-state index contributed by atoms with van der Waals surface area (Å²) in [6, 6.07) is 11.9. The number of hydrogen-bond acceptors (Lipinski definition) is 4. The predicted molar refractivity (Wildman–Crippen MR) is 126 cm³/mol. The van der Waals surface area contributed by atoms with Crippen LogP contribution >= 0.6 is 23.2 Å². The van der Waals surface area contributed by atoms with Crippen LogP contribution in [0.4, 0.5) is 5.69 Å². The van der Waals surface area contributed by atoms with Crippen molar-refractivity contribution in [3.05, 3.63) is 52.1 Å². The Labute approximate surface area is 189 Å². The van der Waals surface area contributed by atoms with E-state index in [0.29, 0.717) is 21.6 Å². The van der Waals surface area contributed by atoms with Gasteiger partial charge in [-0.05, 0) is 30.7 Å². The van der Waals surface area contributed by atoms with Gasteiger partial charge in [-0.15, -0.1) is 0 Å². The van der Waals surface area contributed by atoms with E-state index in [2.05, 4.69) is 27.0 Å². The molecule has 2 aromatic carbocycles. The molecule has 1 amide bonds. The second-order valence-electron chi connectivity index (χ2n) is 7.85. The molecule has 1 aliphatic heterocycles. The molecule has 0 saturated carbocycles. The molecular weight excluding hydrogens is 433 g/mol. The number of hydrogen-bond donors (Lipinski definition) is 1. The van der Waals surface area contributed by atoms with Crippen molar-refractivity contribution in [2.75, 3.05) is 31.1 Å². The van der Waals surface area contributed by atoms with Gasteiger partial charge in [-0.25, -0.2) is 9.97 Å². The van der Waals surface area contributed by atoms with Crippen LogP contribution in [0.25, 0.3) is 33.3 Å². The zero-order valence-corrected chi connectivity index (χ0v) is 18.8. The minimum absolute atomic E-state index is 0.127. The van der Waals surface area contributed by atoms with E-state index in [1.807, 2.05) is 36.1 Å². The number of H-pyrrole nitrogens is 1. The molecule has 0 aliphatic carbocycles. The SMILES string of the molecule is CC(=O)N1CCN(c2cc(C)c3nc(-c4c(Cl)nc5ccccc5c4Cl)[nH]c3c2)CC1. The Hall–Kier alpha value is -2.83. The van der Waals surface area contributed by atoms with Crippen LogP contribution in [-0.2, 0) is 4.79 Å². The molecular formula is C23H21Cl2N5O. The first-order valence-corrected chi connectivity index (χ1v) is 10.9. The fraction of sp³-hybridized carbons (Fsp3) is 0.261. The molecule has 8 heteroatoms. The van der Waals surface area contributed by atoms with E-state index >= 15 is 0 Å². The number of anilines is 1. The quantitative estimate of drug-likeness (QED) is 0.430. The predicted octanol–water partition coefficient (Wildman–Crippen LogP) is 5.06. The molecule has 0 spiro atoms. The molecule has 3 heterocycles. The lowest BCUT2D eigenvalue weighted by molar-refractivity contribution is -0.129. The highest BCUT2D eigenvalue weighted by molar-refractivity contribution is 6.42. The number of fused-ring (bicyclic) bond motifs is 2. The van der Waals surface area contributed by atoms with Crippen molar-refractivity contribution in [3.63, 3.8) is 0 Å². The third-order valence-electron chi connectivity index (χ3n) is 5.87. The summed E-state index contributed by atoms with van der Waals surface area (Å²) in [6.07, 6.45) is 0.